The third-order valence-corrected chi connectivity index (χ3v) is 6.61. The van der Waals surface area contributed by atoms with Gasteiger partial charge in [0.05, 0.1) is 25.0 Å². The minimum Gasteiger partial charge on any atom is -0.379 e. The van der Waals surface area contributed by atoms with E-state index in [9.17, 15) is 8.42 Å². The van der Waals surface area contributed by atoms with Crippen molar-refractivity contribution in [3.8, 4) is 11.4 Å². The van der Waals surface area contributed by atoms with Gasteiger partial charge in [-0.2, -0.15) is 0 Å². The van der Waals surface area contributed by atoms with Gasteiger partial charge in [-0.25, -0.2) is 17.7 Å². The maximum Gasteiger partial charge on any atom is 0.214 e. The van der Waals surface area contributed by atoms with Crippen molar-refractivity contribution in [1.29, 1.82) is 0 Å². The zero-order chi connectivity index (χ0) is 18.2. The molecule has 7 heteroatoms. The molecule has 2 heterocycles. The van der Waals surface area contributed by atoms with E-state index in [-0.39, 0.29) is 17.7 Å². The summed E-state index contributed by atoms with van der Waals surface area (Å²) < 4.78 is 33.6. The van der Waals surface area contributed by atoms with Crippen molar-refractivity contribution >= 4 is 10.0 Å². The minimum absolute atomic E-state index is 0.0342. The summed E-state index contributed by atoms with van der Waals surface area (Å²) in [5.74, 6) is 0.843. The van der Waals surface area contributed by atoms with E-state index in [4.69, 9.17) is 4.74 Å². The van der Waals surface area contributed by atoms with E-state index in [1.165, 1.54) is 15.4 Å². The molecule has 1 aromatic carbocycles. The van der Waals surface area contributed by atoms with Crippen LogP contribution in [0.15, 0.2) is 30.6 Å². The number of aryl methyl sites for hydroxylation is 2. The summed E-state index contributed by atoms with van der Waals surface area (Å²) in [7, 11) is -0.141. The number of nitrogens with zero attached hydrogens (tertiary/aromatic N) is 3. The largest absolute Gasteiger partial charge is 0.379 e. The van der Waals surface area contributed by atoms with Crippen LogP contribution in [0.25, 0.3) is 11.4 Å². The molecule has 2 atom stereocenters. The van der Waals surface area contributed by atoms with Crippen molar-refractivity contribution in [3.05, 3.63) is 41.7 Å². The number of rotatable bonds is 5. The maximum atomic E-state index is 12.3. The molecule has 1 aromatic heterocycles. The van der Waals surface area contributed by atoms with Gasteiger partial charge in [0.15, 0.2) is 0 Å². The molecule has 0 amide bonds. The maximum absolute atomic E-state index is 12.3. The monoisotopic (exact) mass is 363 g/mol. The van der Waals surface area contributed by atoms with Crippen LogP contribution in [-0.4, -0.2) is 55.3 Å². The van der Waals surface area contributed by atoms with Crippen LogP contribution < -0.4 is 0 Å². The molecule has 0 saturated carbocycles. The molecule has 0 spiro atoms. The van der Waals surface area contributed by atoms with Gasteiger partial charge in [-0.1, -0.05) is 17.2 Å². The predicted molar refractivity (Wildman–Crippen MR) is 98.0 cm³/mol. The van der Waals surface area contributed by atoms with Gasteiger partial charge in [0.1, 0.15) is 5.82 Å². The summed E-state index contributed by atoms with van der Waals surface area (Å²) in [6.07, 6.45) is 3.68. The highest BCUT2D eigenvalue weighted by atomic mass is 32.2. The summed E-state index contributed by atoms with van der Waals surface area (Å²) in [6.45, 7) is 5.08. The highest BCUT2D eigenvalue weighted by molar-refractivity contribution is 7.89. The van der Waals surface area contributed by atoms with Crippen LogP contribution in [0.4, 0.5) is 0 Å². The lowest BCUT2D eigenvalue weighted by atomic mass is 10.0. The molecule has 136 valence electrons. The van der Waals surface area contributed by atoms with Crippen molar-refractivity contribution in [2.75, 3.05) is 33.1 Å². The van der Waals surface area contributed by atoms with Crippen LogP contribution >= 0.6 is 0 Å². The van der Waals surface area contributed by atoms with Gasteiger partial charge in [0.25, 0.3) is 0 Å². The van der Waals surface area contributed by atoms with E-state index in [0.717, 1.165) is 11.4 Å². The zero-order valence-electron chi connectivity index (χ0n) is 15.1. The molecule has 2 aromatic rings. The number of benzene rings is 1. The molecule has 0 unspecified atom stereocenters. The third kappa shape index (κ3) is 3.78. The van der Waals surface area contributed by atoms with Crippen LogP contribution in [-0.2, 0) is 14.8 Å². The first kappa shape index (κ1) is 18.1. The average Bonchev–Trinajstić information content (AvgIpc) is 3.13. The Morgan fingerprint density at radius 2 is 1.88 bits per heavy atom. The van der Waals surface area contributed by atoms with Crippen molar-refractivity contribution < 1.29 is 13.2 Å². The lowest BCUT2D eigenvalue weighted by Crippen LogP contribution is -2.32. The normalized spacial score (nSPS) is 21.2. The minimum atomic E-state index is -3.28. The van der Waals surface area contributed by atoms with E-state index in [2.05, 4.69) is 41.6 Å². The highest BCUT2D eigenvalue weighted by Crippen LogP contribution is 2.32. The van der Waals surface area contributed by atoms with Crippen LogP contribution in [0.5, 0.6) is 0 Å². The van der Waals surface area contributed by atoms with E-state index < -0.39 is 10.0 Å². The summed E-state index contributed by atoms with van der Waals surface area (Å²) in [5, 5.41) is 0. The first-order valence-electron chi connectivity index (χ1n) is 8.37. The SMILES string of the molecule is Cc1cc(C)cc(-c2nccn2[C@@H]2COC[C@@H]2CS(=O)(=O)N(C)C)c1. The Balaban J connectivity index is 1.93. The van der Waals surface area contributed by atoms with Crippen LogP contribution in [0.2, 0.25) is 0 Å². The molecular weight excluding hydrogens is 338 g/mol. The fraction of sp³-hybridized carbons (Fsp3) is 0.500. The molecule has 1 aliphatic rings. The summed E-state index contributed by atoms with van der Waals surface area (Å²) >= 11 is 0. The van der Waals surface area contributed by atoms with E-state index in [1.54, 1.807) is 20.3 Å². The Hall–Kier alpha value is -1.70. The summed E-state index contributed by atoms with van der Waals surface area (Å²) in [6, 6.07) is 6.30. The fourth-order valence-electron chi connectivity index (χ4n) is 3.38. The topological polar surface area (TPSA) is 64.4 Å². The Bertz CT molecular complexity index is 838. The first-order chi connectivity index (χ1) is 11.8. The van der Waals surface area contributed by atoms with Crippen molar-refractivity contribution in [2.45, 2.75) is 19.9 Å². The van der Waals surface area contributed by atoms with Crippen LogP contribution in [0, 0.1) is 19.8 Å². The fourth-order valence-corrected chi connectivity index (χ4v) is 4.54. The summed E-state index contributed by atoms with van der Waals surface area (Å²) in [4.78, 5) is 4.53. The molecule has 25 heavy (non-hydrogen) atoms. The molecule has 6 nitrogen and oxygen atoms in total. The number of sulfonamides is 1. The van der Waals surface area contributed by atoms with E-state index >= 15 is 0 Å². The van der Waals surface area contributed by atoms with Gasteiger partial charge < -0.3 is 9.30 Å². The zero-order valence-corrected chi connectivity index (χ0v) is 16.0. The molecule has 3 rings (SSSR count). The Kier molecular flexibility index (Phi) is 4.99. The van der Waals surface area contributed by atoms with Gasteiger partial charge in [-0.05, 0) is 26.0 Å². The number of aromatic nitrogens is 2. The van der Waals surface area contributed by atoms with Crippen molar-refractivity contribution in [2.24, 2.45) is 5.92 Å². The number of imidazole rings is 1. The van der Waals surface area contributed by atoms with Crippen LogP contribution in [0.3, 0.4) is 0 Å². The van der Waals surface area contributed by atoms with Crippen molar-refractivity contribution in [1.82, 2.24) is 13.9 Å². The molecule has 1 aliphatic heterocycles. The molecule has 1 fully saturated rings. The van der Waals surface area contributed by atoms with Gasteiger partial charge in [0, 0.05) is 38.0 Å². The predicted octanol–water partition coefficient (Wildman–Crippen LogP) is 2.25. The lowest BCUT2D eigenvalue weighted by molar-refractivity contribution is 0.182. The molecule has 0 radical (unpaired) electrons. The van der Waals surface area contributed by atoms with Crippen molar-refractivity contribution in [3.63, 3.8) is 0 Å². The Labute approximate surface area is 149 Å². The van der Waals surface area contributed by atoms with E-state index in [0.29, 0.717) is 13.2 Å². The van der Waals surface area contributed by atoms with Gasteiger partial charge >= 0.3 is 0 Å². The number of ether oxygens (including phenoxy) is 1. The number of hydrogen-bond acceptors (Lipinski definition) is 4. The molecule has 0 aliphatic carbocycles. The number of hydrogen-bond donors (Lipinski definition) is 0. The van der Waals surface area contributed by atoms with E-state index in [1.807, 2.05) is 6.20 Å². The quantitative estimate of drug-likeness (QED) is 0.817. The molecule has 0 N–H and O–H groups in total. The standard InChI is InChI=1S/C18H25N3O3S/c1-13-7-14(2)9-15(8-13)18-19-5-6-21(18)17-11-24-10-16(17)12-25(22,23)20(3)4/h5-9,16-17H,10-12H2,1-4H3/t16-,17-/m1/s1. The molecule has 1 saturated heterocycles. The van der Waals surface area contributed by atoms with Gasteiger partial charge in [0.2, 0.25) is 10.0 Å². The summed E-state index contributed by atoms with van der Waals surface area (Å²) in [5.41, 5.74) is 3.40. The van der Waals surface area contributed by atoms with Gasteiger partial charge in [-0.3, -0.25) is 0 Å². The Morgan fingerprint density at radius 3 is 2.52 bits per heavy atom. The third-order valence-electron chi connectivity index (χ3n) is 4.65. The molecule has 0 bridgehead atoms. The lowest BCUT2D eigenvalue weighted by Gasteiger charge is -2.22. The average molecular weight is 363 g/mol. The second kappa shape index (κ2) is 6.90. The molecular formula is C18H25N3O3S. The van der Waals surface area contributed by atoms with Gasteiger partial charge in [-0.15, -0.1) is 0 Å². The highest BCUT2D eigenvalue weighted by Gasteiger charge is 2.35. The second-order valence-electron chi connectivity index (χ2n) is 6.96. The second-order valence-corrected chi connectivity index (χ2v) is 9.19. The smallest absolute Gasteiger partial charge is 0.214 e. The Morgan fingerprint density at radius 1 is 1.20 bits per heavy atom. The van der Waals surface area contributed by atoms with Crippen LogP contribution in [0.1, 0.15) is 17.2 Å². The first-order valence-corrected chi connectivity index (χ1v) is 9.98.